The average molecular weight is 416 g/mol. The van der Waals surface area contributed by atoms with Gasteiger partial charge in [-0.15, -0.1) is 6.58 Å². The van der Waals surface area contributed by atoms with Crippen molar-refractivity contribution in [2.75, 3.05) is 6.54 Å². The van der Waals surface area contributed by atoms with E-state index in [1.54, 1.807) is 12.1 Å². The van der Waals surface area contributed by atoms with Gasteiger partial charge in [0.2, 0.25) is 0 Å². The molecule has 0 spiro atoms. The van der Waals surface area contributed by atoms with Gasteiger partial charge < -0.3 is 0 Å². The molecule has 21 heavy (non-hydrogen) atoms. The van der Waals surface area contributed by atoms with E-state index in [9.17, 15) is 14.0 Å². The van der Waals surface area contributed by atoms with Gasteiger partial charge in [0.25, 0.3) is 11.8 Å². The van der Waals surface area contributed by atoms with E-state index in [1.165, 1.54) is 23.1 Å². The van der Waals surface area contributed by atoms with E-state index in [1.807, 2.05) is 22.6 Å². The predicted octanol–water partition coefficient (Wildman–Crippen LogP) is 2.24. The fourth-order valence-electron chi connectivity index (χ4n) is 1.78. The van der Waals surface area contributed by atoms with Crippen LogP contribution in [0.3, 0.4) is 0 Å². The number of halogens is 2. The molecule has 2 amide bonds. The average Bonchev–Trinajstić information content (AvgIpc) is 2.42. The molecular formula is C14H10FIN2O2S. The van der Waals surface area contributed by atoms with Crippen LogP contribution < -0.4 is 5.32 Å². The number of carbonyl (C=O) groups is 2. The molecule has 0 radical (unpaired) electrons. The summed E-state index contributed by atoms with van der Waals surface area (Å²) in [5.41, 5.74) is 0.0384. The number of hydrogen-bond acceptors (Lipinski definition) is 3. The summed E-state index contributed by atoms with van der Waals surface area (Å²) in [6.07, 6.45) is 2.73. The molecular weight excluding hydrogens is 406 g/mol. The van der Waals surface area contributed by atoms with Gasteiger partial charge in [-0.25, -0.2) is 4.39 Å². The first-order valence-corrected chi connectivity index (χ1v) is 7.38. The first kappa shape index (κ1) is 15.8. The molecule has 1 heterocycles. The largest absolute Gasteiger partial charge is 0.298 e. The van der Waals surface area contributed by atoms with E-state index in [-0.39, 0.29) is 22.8 Å². The van der Waals surface area contributed by atoms with E-state index < -0.39 is 17.6 Å². The Morgan fingerprint density at radius 3 is 2.76 bits per heavy atom. The van der Waals surface area contributed by atoms with Crippen LogP contribution in [0, 0.1) is 9.39 Å². The molecule has 108 valence electrons. The van der Waals surface area contributed by atoms with Crippen molar-refractivity contribution < 1.29 is 14.0 Å². The van der Waals surface area contributed by atoms with Crippen LogP contribution in [0.1, 0.15) is 5.56 Å². The number of carbonyl (C=O) groups excluding carboxylic acids is 2. The molecule has 1 fully saturated rings. The van der Waals surface area contributed by atoms with Crippen LogP contribution in [0.15, 0.2) is 36.4 Å². The van der Waals surface area contributed by atoms with Crippen molar-refractivity contribution in [3.8, 4) is 0 Å². The number of thiocarbonyl (C=S) groups is 1. The third-order valence-corrected chi connectivity index (χ3v) is 4.05. The highest BCUT2D eigenvalue weighted by Gasteiger charge is 2.32. The first-order valence-electron chi connectivity index (χ1n) is 5.89. The summed E-state index contributed by atoms with van der Waals surface area (Å²) >= 11 is 6.88. The van der Waals surface area contributed by atoms with E-state index in [2.05, 4.69) is 11.9 Å². The second-order valence-corrected chi connectivity index (χ2v) is 5.71. The monoisotopic (exact) mass is 416 g/mol. The van der Waals surface area contributed by atoms with Crippen molar-refractivity contribution in [1.29, 1.82) is 0 Å². The number of nitrogens with one attached hydrogen (secondary N) is 1. The van der Waals surface area contributed by atoms with E-state index in [4.69, 9.17) is 12.2 Å². The van der Waals surface area contributed by atoms with Gasteiger partial charge in [0.15, 0.2) is 5.11 Å². The summed E-state index contributed by atoms with van der Waals surface area (Å²) < 4.78 is 14.4. The Labute approximate surface area is 139 Å². The minimum atomic E-state index is -0.635. The van der Waals surface area contributed by atoms with Crippen LogP contribution in [0.5, 0.6) is 0 Å². The molecule has 0 bridgehead atoms. The molecule has 1 aliphatic heterocycles. The number of amides is 2. The molecule has 1 saturated heterocycles. The zero-order chi connectivity index (χ0) is 15.6. The molecule has 0 saturated carbocycles. The molecule has 0 atom stereocenters. The molecule has 2 rings (SSSR count). The Hall–Kier alpha value is -1.61. The lowest BCUT2D eigenvalue weighted by Gasteiger charge is -2.27. The van der Waals surface area contributed by atoms with E-state index in [0.717, 1.165) is 0 Å². The van der Waals surface area contributed by atoms with E-state index in [0.29, 0.717) is 3.57 Å². The van der Waals surface area contributed by atoms with Crippen molar-refractivity contribution in [1.82, 2.24) is 10.2 Å². The van der Waals surface area contributed by atoms with Crippen LogP contribution in [0.4, 0.5) is 4.39 Å². The number of benzene rings is 1. The topological polar surface area (TPSA) is 49.4 Å². The first-order chi connectivity index (χ1) is 9.95. The predicted molar refractivity (Wildman–Crippen MR) is 89.7 cm³/mol. The standard InChI is InChI=1S/C14H10FIN2O2S/c1-2-6-18-13(20)9(12(19)17-14(18)21)7-8-10(15)4-3-5-11(8)16/h2-5,7H,1,6H2,(H,17,19,21)/b9-7+. The molecule has 7 heteroatoms. The smallest absolute Gasteiger partial charge is 0.265 e. The highest BCUT2D eigenvalue weighted by molar-refractivity contribution is 14.1. The Kier molecular flexibility index (Phi) is 4.84. The maximum absolute atomic E-state index is 13.8. The second kappa shape index (κ2) is 6.44. The maximum atomic E-state index is 13.8. The molecule has 0 unspecified atom stereocenters. The molecule has 0 aromatic heterocycles. The van der Waals surface area contributed by atoms with Crippen molar-refractivity contribution >= 4 is 57.8 Å². The van der Waals surface area contributed by atoms with Crippen LogP contribution in [-0.4, -0.2) is 28.4 Å². The van der Waals surface area contributed by atoms with Gasteiger partial charge in [-0.3, -0.25) is 19.8 Å². The van der Waals surface area contributed by atoms with Crippen molar-refractivity contribution in [3.63, 3.8) is 0 Å². The normalized spacial score (nSPS) is 17.1. The molecule has 1 aromatic rings. The summed E-state index contributed by atoms with van der Waals surface area (Å²) in [5, 5.41) is 2.43. The van der Waals surface area contributed by atoms with Gasteiger partial charge in [-0.1, -0.05) is 12.1 Å². The Bertz CT molecular complexity index is 667. The van der Waals surface area contributed by atoms with Crippen LogP contribution in [-0.2, 0) is 9.59 Å². The summed E-state index contributed by atoms with van der Waals surface area (Å²) in [6, 6.07) is 4.51. The Morgan fingerprint density at radius 1 is 1.43 bits per heavy atom. The summed E-state index contributed by atoms with van der Waals surface area (Å²) in [4.78, 5) is 25.4. The van der Waals surface area contributed by atoms with Gasteiger partial charge in [-0.2, -0.15) is 0 Å². The van der Waals surface area contributed by atoms with E-state index >= 15 is 0 Å². The lowest BCUT2D eigenvalue weighted by Crippen LogP contribution is -2.53. The van der Waals surface area contributed by atoms with Gasteiger partial charge in [0.1, 0.15) is 11.4 Å². The Morgan fingerprint density at radius 2 is 2.14 bits per heavy atom. The third kappa shape index (κ3) is 3.18. The lowest BCUT2D eigenvalue weighted by atomic mass is 10.1. The van der Waals surface area contributed by atoms with Gasteiger partial charge in [-0.05, 0) is 53.0 Å². The van der Waals surface area contributed by atoms with Gasteiger partial charge in [0, 0.05) is 15.7 Å². The SMILES string of the molecule is C=CCN1C(=O)/C(=C/c2c(F)cccc2I)C(=O)NC1=S. The molecule has 1 N–H and O–H groups in total. The highest BCUT2D eigenvalue weighted by Crippen LogP contribution is 2.21. The summed E-state index contributed by atoms with van der Waals surface area (Å²) in [7, 11) is 0. The number of hydrogen-bond donors (Lipinski definition) is 1. The zero-order valence-corrected chi connectivity index (χ0v) is 13.7. The third-order valence-electron chi connectivity index (χ3n) is 2.79. The van der Waals surface area contributed by atoms with Crippen molar-refractivity contribution in [2.45, 2.75) is 0 Å². The molecule has 4 nitrogen and oxygen atoms in total. The van der Waals surface area contributed by atoms with Crippen LogP contribution >= 0.6 is 34.8 Å². The number of nitrogens with zero attached hydrogens (tertiary/aromatic N) is 1. The fraction of sp³-hybridized carbons (Fsp3) is 0.0714. The van der Waals surface area contributed by atoms with Crippen LogP contribution in [0.25, 0.3) is 6.08 Å². The van der Waals surface area contributed by atoms with Gasteiger partial charge >= 0.3 is 0 Å². The quantitative estimate of drug-likeness (QED) is 0.271. The summed E-state index contributed by atoms with van der Waals surface area (Å²) in [5.74, 6) is -1.70. The van der Waals surface area contributed by atoms with Crippen molar-refractivity contribution in [2.24, 2.45) is 0 Å². The van der Waals surface area contributed by atoms with Crippen molar-refractivity contribution in [3.05, 3.63) is 51.4 Å². The second-order valence-electron chi connectivity index (χ2n) is 4.16. The lowest BCUT2D eigenvalue weighted by molar-refractivity contribution is -0.128. The molecule has 1 aliphatic rings. The fourth-order valence-corrected chi connectivity index (χ4v) is 2.65. The summed E-state index contributed by atoms with van der Waals surface area (Å²) in [6.45, 7) is 3.70. The minimum absolute atomic E-state index is 0.0188. The maximum Gasteiger partial charge on any atom is 0.265 e. The Balaban J connectivity index is 2.48. The van der Waals surface area contributed by atoms with Gasteiger partial charge in [0.05, 0.1) is 0 Å². The zero-order valence-electron chi connectivity index (χ0n) is 10.7. The minimum Gasteiger partial charge on any atom is -0.298 e. The molecule has 0 aliphatic carbocycles. The van der Waals surface area contributed by atoms with Crippen LogP contribution in [0.2, 0.25) is 0 Å². The highest BCUT2D eigenvalue weighted by atomic mass is 127. The number of rotatable bonds is 3. The molecule has 1 aromatic carbocycles.